The second-order valence-electron chi connectivity index (χ2n) is 5.95. The number of hydrogen-bond donors (Lipinski definition) is 1. The first-order valence-corrected chi connectivity index (χ1v) is 9.31. The molecule has 0 unspecified atom stereocenters. The predicted molar refractivity (Wildman–Crippen MR) is 102 cm³/mol. The summed E-state index contributed by atoms with van der Waals surface area (Å²) in [4.78, 5) is 12.6. The average Bonchev–Trinajstić information content (AvgIpc) is 3.33. The van der Waals surface area contributed by atoms with Gasteiger partial charge in [0, 0.05) is 17.0 Å². The molecule has 0 saturated heterocycles. The highest BCUT2D eigenvalue weighted by Crippen LogP contribution is 2.32. The summed E-state index contributed by atoms with van der Waals surface area (Å²) in [5, 5.41) is 14.6. The van der Waals surface area contributed by atoms with E-state index in [1.165, 1.54) is 16.9 Å². The van der Waals surface area contributed by atoms with Gasteiger partial charge in [-0.05, 0) is 42.3 Å². The molecule has 0 saturated carbocycles. The smallest absolute Gasteiger partial charge is 0.352 e. The lowest BCUT2D eigenvalue weighted by Gasteiger charge is -2.06. The Kier molecular flexibility index (Phi) is 4.30. The fourth-order valence-corrected chi connectivity index (χ4v) is 3.99. The Morgan fingerprint density at radius 1 is 1.27 bits per heavy atom. The first-order chi connectivity index (χ1) is 12.5. The number of halogens is 1. The number of fused-ring (bicyclic) bond motifs is 1. The lowest BCUT2D eigenvalue weighted by atomic mass is 10.1. The summed E-state index contributed by atoms with van der Waals surface area (Å²) < 4.78 is 7.83. The van der Waals surface area contributed by atoms with Crippen LogP contribution in [0.3, 0.4) is 0 Å². The lowest BCUT2D eigenvalue weighted by Crippen LogP contribution is -2.09. The van der Waals surface area contributed by atoms with Gasteiger partial charge in [-0.1, -0.05) is 29.7 Å². The molecule has 0 fully saturated rings. The van der Waals surface area contributed by atoms with Crippen molar-refractivity contribution in [2.75, 3.05) is 0 Å². The maximum Gasteiger partial charge on any atom is 0.352 e. The van der Waals surface area contributed by atoms with Crippen molar-refractivity contribution in [2.24, 2.45) is 0 Å². The molecule has 5 nitrogen and oxygen atoms in total. The molecule has 4 rings (SSSR count). The number of aryl methyl sites for hydroxylation is 1. The number of carbonyl (C=O) groups is 1. The second-order valence-corrected chi connectivity index (χ2v) is 7.67. The number of carboxylic acids is 1. The van der Waals surface area contributed by atoms with E-state index >= 15 is 0 Å². The minimum absolute atomic E-state index is 0.233. The third-order valence-corrected chi connectivity index (χ3v) is 5.53. The molecule has 0 amide bonds. The molecule has 0 atom stereocenters. The summed E-state index contributed by atoms with van der Waals surface area (Å²) in [6, 6.07) is 13.2. The van der Waals surface area contributed by atoms with E-state index in [1.807, 2.05) is 30.3 Å². The fraction of sp³-hybridized carbons (Fsp3) is 0.158. The van der Waals surface area contributed by atoms with Gasteiger partial charge in [-0.2, -0.15) is 0 Å². The van der Waals surface area contributed by atoms with E-state index in [1.54, 1.807) is 16.7 Å². The maximum absolute atomic E-state index is 11.7. The maximum atomic E-state index is 11.7. The molecular weight excluding hydrogens is 372 g/mol. The molecule has 1 aromatic carbocycles. The highest BCUT2D eigenvalue weighted by atomic mass is 35.5. The molecule has 26 heavy (non-hydrogen) atoms. The van der Waals surface area contributed by atoms with Crippen LogP contribution in [0.25, 0.3) is 21.5 Å². The van der Waals surface area contributed by atoms with Crippen LogP contribution in [0.1, 0.15) is 28.7 Å². The molecule has 132 valence electrons. The molecule has 3 heterocycles. The molecule has 0 aliphatic rings. The SMILES string of the molecule is CCc1ccc2c(c1)cc(C(=O)O)n2Cc1cc(-c2ccc(Cl)s2)on1. The first-order valence-electron chi connectivity index (χ1n) is 8.12. The third-order valence-electron chi connectivity index (χ3n) is 4.29. The summed E-state index contributed by atoms with van der Waals surface area (Å²) in [6.07, 6.45) is 0.902. The van der Waals surface area contributed by atoms with Gasteiger partial charge in [0.1, 0.15) is 11.4 Å². The Hall–Kier alpha value is -2.57. The van der Waals surface area contributed by atoms with Gasteiger partial charge in [0.05, 0.1) is 15.8 Å². The van der Waals surface area contributed by atoms with Crippen LogP contribution in [-0.2, 0) is 13.0 Å². The Labute approximate surface area is 158 Å². The topological polar surface area (TPSA) is 68.3 Å². The predicted octanol–water partition coefficient (Wildman–Crippen LogP) is 5.32. The molecule has 4 aromatic rings. The van der Waals surface area contributed by atoms with Gasteiger partial charge in [0.15, 0.2) is 5.76 Å². The number of rotatable bonds is 5. The minimum atomic E-state index is -0.965. The van der Waals surface area contributed by atoms with Gasteiger partial charge in [-0.25, -0.2) is 4.79 Å². The highest BCUT2D eigenvalue weighted by Gasteiger charge is 2.17. The Morgan fingerprint density at radius 3 is 2.81 bits per heavy atom. The van der Waals surface area contributed by atoms with Crippen LogP contribution >= 0.6 is 22.9 Å². The zero-order valence-corrected chi connectivity index (χ0v) is 15.5. The average molecular weight is 387 g/mol. The second kappa shape index (κ2) is 6.63. The molecule has 0 spiro atoms. The summed E-state index contributed by atoms with van der Waals surface area (Å²) >= 11 is 7.37. The highest BCUT2D eigenvalue weighted by molar-refractivity contribution is 7.19. The van der Waals surface area contributed by atoms with Crippen molar-refractivity contribution in [3.8, 4) is 10.6 Å². The molecule has 0 aliphatic heterocycles. The van der Waals surface area contributed by atoms with E-state index in [0.29, 0.717) is 22.3 Å². The minimum Gasteiger partial charge on any atom is -0.477 e. The quantitative estimate of drug-likeness (QED) is 0.504. The monoisotopic (exact) mass is 386 g/mol. The summed E-state index contributed by atoms with van der Waals surface area (Å²) in [5.74, 6) is -0.341. The number of aromatic nitrogens is 2. The Balaban J connectivity index is 1.73. The lowest BCUT2D eigenvalue weighted by molar-refractivity contribution is 0.0686. The molecular formula is C19H15ClN2O3S. The largest absolute Gasteiger partial charge is 0.477 e. The van der Waals surface area contributed by atoms with Crippen LogP contribution < -0.4 is 0 Å². The Bertz CT molecular complexity index is 1110. The number of nitrogens with zero attached hydrogens (tertiary/aromatic N) is 2. The van der Waals surface area contributed by atoms with E-state index in [-0.39, 0.29) is 5.69 Å². The van der Waals surface area contributed by atoms with Crippen molar-refractivity contribution in [2.45, 2.75) is 19.9 Å². The number of benzene rings is 1. The molecule has 0 bridgehead atoms. The van der Waals surface area contributed by atoms with E-state index in [4.69, 9.17) is 16.1 Å². The van der Waals surface area contributed by atoms with Gasteiger partial charge in [-0.15, -0.1) is 11.3 Å². The van der Waals surface area contributed by atoms with Crippen molar-refractivity contribution in [3.63, 3.8) is 0 Å². The normalized spacial score (nSPS) is 11.3. The van der Waals surface area contributed by atoms with Crippen molar-refractivity contribution in [3.05, 3.63) is 63.8 Å². The summed E-state index contributed by atoms with van der Waals surface area (Å²) in [5.41, 5.74) is 2.93. The summed E-state index contributed by atoms with van der Waals surface area (Å²) in [7, 11) is 0. The van der Waals surface area contributed by atoms with Crippen LogP contribution in [0.5, 0.6) is 0 Å². The van der Waals surface area contributed by atoms with Crippen LogP contribution in [-0.4, -0.2) is 20.8 Å². The van der Waals surface area contributed by atoms with Crippen molar-refractivity contribution in [1.82, 2.24) is 9.72 Å². The number of hydrogen-bond acceptors (Lipinski definition) is 4. The van der Waals surface area contributed by atoms with Gasteiger partial charge in [0.2, 0.25) is 0 Å². The zero-order valence-electron chi connectivity index (χ0n) is 13.9. The van der Waals surface area contributed by atoms with Crippen LogP contribution in [0, 0.1) is 0 Å². The molecule has 0 radical (unpaired) electrons. The fourth-order valence-electron chi connectivity index (χ4n) is 3.00. The molecule has 3 aromatic heterocycles. The zero-order chi connectivity index (χ0) is 18.3. The number of carboxylic acid groups (broad SMARTS) is 1. The van der Waals surface area contributed by atoms with E-state index < -0.39 is 5.97 Å². The van der Waals surface area contributed by atoms with E-state index in [0.717, 1.165) is 22.2 Å². The van der Waals surface area contributed by atoms with Gasteiger partial charge >= 0.3 is 5.97 Å². The third kappa shape index (κ3) is 3.02. The van der Waals surface area contributed by atoms with Crippen molar-refractivity contribution < 1.29 is 14.4 Å². The van der Waals surface area contributed by atoms with Crippen LogP contribution in [0.4, 0.5) is 0 Å². The van der Waals surface area contributed by atoms with E-state index in [9.17, 15) is 9.90 Å². The van der Waals surface area contributed by atoms with Crippen LogP contribution in [0.2, 0.25) is 4.34 Å². The van der Waals surface area contributed by atoms with Crippen LogP contribution in [0.15, 0.2) is 47.0 Å². The molecule has 0 aliphatic carbocycles. The Morgan fingerprint density at radius 2 is 2.12 bits per heavy atom. The molecule has 1 N–H and O–H groups in total. The van der Waals surface area contributed by atoms with Gasteiger partial charge in [0.25, 0.3) is 0 Å². The van der Waals surface area contributed by atoms with Gasteiger partial charge in [-0.3, -0.25) is 0 Å². The van der Waals surface area contributed by atoms with E-state index in [2.05, 4.69) is 12.1 Å². The first kappa shape index (κ1) is 16.9. The molecule has 7 heteroatoms. The number of thiophene rings is 1. The van der Waals surface area contributed by atoms with Gasteiger partial charge < -0.3 is 14.2 Å². The van der Waals surface area contributed by atoms with Crippen molar-refractivity contribution >= 4 is 39.8 Å². The summed E-state index contributed by atoms with van der Waals surface area (Å²) in [6.45, 7) is 2.39. The number of aromatic carboxylic acids is 1. The standard InChI is InChI=1S/C19H15ClN2O3S/c1-2-11-3-4-14-12(7-11)8-15(19(23)24)22(14)10-13-9-16(25-21-13)17-5-6-18(20)26-17/h3-9H,2,10H2,1H3,(H,23,24). The van der Waals surface area contributed by atoms with Crippen molar-refractivity contribution in [1.29, 1.82) is 0 Å².